The van der Waals surface area contributed by atoms with Crippen LogP contribution in [0.2, 0.25) is 0 Å². The van der Waals surface area contributed by atoms with E-state index in [-0.39, 0.29) is 36.2 Å². The number of nitrogens with zero attached hydrogens (tertiary/aromatic N) is 1. The molecule has 0 bridgehead atoms. The van der Waals surface area contributed by atoms with E-state index in [9.17, 15) is 14.7 Å². The summed E-state index contributed by atoms with van der Waals surface area (Å²) >= 11 is 0. The maximum Gasteiger partial charge on any atom is 0.315 e. The average Bonchev–Trinajstić information content (AvgIpc) is 3.00. The fraction of sp³-hybridized carbons (Fsp3) is 0.324. The average molecular weight is 570 g/mol. The number of hydrogen-bond acceptors (Lipinski definition) is 8. The number of carbonyl (C=O) groups excluding carboxylic acids is 2. The molecule has 8 heteroatoms. The van der Waals surface area contributed by atoms with E-state index >= 15 is 0 Å². The molecule has 1 N–H and O–H groups in total. The molecule has 0 aromatic heterocycles. The van der Waals surface area contributed by atoms with E-state index in [1.54, 1.807) is 26.4 Å². The number of aliphatic imine (C=N–C) groups is 1. The van der Waals surface area contributed by atoms with Gasteiger partial charge in [-0.05, 0) is 60.2 Å². The zero-order chi connectivity index (χ0) is 29.8. The molecule has 0 saturated carbocycles. The molecule has 42 heavy (non-hydrogen) atoms. The van der Waals surface area contributed by atoms with Crippen LogP contribution in [0.4, 0.5) is 0 Å². The first kappa shape index (κ1) is 28.9. The van der Waals surface area contributed by atoms with Gasteiger partial charge in [0.2, 0.25) is 0 Å². The minimum atomic E-state index is -0.796. The lowest BCUT2D eigenvalue weighted by Crippen LogP contribution is -2.38. The Kier molecular flexibility index (Phi) is 8.61. The van der Waals surface area contributed by atoms with Gasteiger partial charge in [0, 0.05) is 35.7 Å². The first-order valence-electron chi connectivity index (χ1n) is 13.9. The van der Waals surface area contributed by atoms with Gasteiger partial charge in [-0.1, -0.05) is 42.5 Å². The zero-order valence-electron chi connectivity index (χ0n) is 24.3. The number of esters is 1. The van der Waals surface area contributed by atoms with E-state index in [0.29, 0.717) is 46.9 Å². The maximum absolute atomic E-state index is 14.0. The first-order valence-corrected chi connectivity index (χ1v) is 13.9. The topological polar surface area (TPSA) is 104 Å². The molecule has 0 spiro atoms. The molecular weight excluding hydrogens is 534 g/mol. The normalized spacial score (nSPS) is 20.0. The summed E-state index contributed by atoms with van der Waals surface area (Å²) in [5.41, 5.74) is 4.44. The van der Waals surface area contributed by atoms with Crippen molar-refractivity contribution in [1.29, 1.82) is 0 Å². The largest absolute Gasteiger partial charge is 0.504 e. The molecule has 1 aliphatic heterocycles. The summed E-state index contributed by atoms with van der Waals surface area (Å²) < 4.78 is 22.0. The number of Topliss-reactive ketones (excluding diaryl/α,β-unsaturated/α-hetero) is 1. The summed E-state index contributed by atoms with van der Waals surface area (Å²) in [4.78, 5) is 32.5. The van der Waals surface area contributed by atoms with Crippen molar-refractivity contribution in [3.05, 3.63) is 94.7 Å². The molecule has 3 atom stereocenters. The van der Waals surface area contributed by atoms with E-state index in [2.05, 4.69) is 0 Å². The van der Waals surface area contributed by atoms with Crippen LogP contribution in [0.3, 0.4) is 0 Å². The minimum Gasteiger partial charge on any atom is -0.504 e. The Balaban J connectivity index is 1.50. The van der Waals surface area contributed by atoms with Crippen molar-refractivity contribution in [2.75, 3.05) is 27.9 Å². The smallest absolute Gasteiger partial charge is 0.315 e. The number of allylic oxidation sites excluding steroid dienone is 2. The molecule has 0 fully saturated rings. The van der Waals surface area contributed by atoms with Crippen LogP contribution < -0.4 is 14.2 Å². The van der Waals surface area contributed by atoms with Crippen LogP contribution in [0.1, 0.15) is 48.3 Å². The molecule has 5 rings (SSSR count). The predicted octanol–water partition coefficient (Wildman–Crippen LogP) is 5.78. The number of phenolic OH excluding ortho intramolecular Hbond substituents is 1. The van der Waals surface area contributed by atoms with Crippen LogP contribution in [0, 0.1) is 5.92 Å². The van der Waals surface area contributed by atoms with Crippen LogP contribution in [0.5, 0.6) is 23.0 Å². The molecule has 8 nitrogen and oxygen atoms in total. The van der Waals surface area contributed by atoms with Crippen molar-refractivity contribution in [1.82, 2.24) is 0 Å². The van der Waals surface area contributed by atoms with E-state index < -0.39 is 17.8 Å². The van der Waals surface area contributed by atoms with Gasteiger partial charge >= 0.3 is 5.97 Å². The molecule has 3 aromatic carbocycles. The Bertz CT molecular complexity index is 1540. The quantitative estimate of drug-likeness (QED) is 0.326. The predicted molar refractivity (Wildman–Crippen MR) is 159 cm³/mol. The van der Waals surface area contributed by atoms with E-state index in [1.165, 1.54) is 13.2 Å². The molecule has 1 unspecified atom stereocenters. The number of ketones is 1. The molecule has 0 radical (unpaired) electrons. The third kappa shape index (κ3) is 5.75. The van der Waals surface area contributed by atoms with Crippen molar-refractivity contribution in [3.63, 3.8) is 0 Å². The van der Waals surface area contributed by atoms with Gasteiger partial charge in [0.25, 0.3) is 0 Å². The molecular formula is C34H35NO7. The third-order valence-corrected chi connectivity index (χ3v) is 8.06. The van der Waals surface area contributed by atoms with E-state index in [4.69, 9.17) is 23.9 Å². The van der Waals surface area contributed by atoms with E-state index in [0.717, 1.165) is 11.1 Å². The summed E-state index contributed by atoms with van der Waals surface area (Å²) in [5, 5.41) is 10.3. The lowest BCUT2D eigenvalue weighted by atomic mass is 9.69. The van der Waals surface area contributed by atoms with Gasteiger partial charge < -0.3 is 24.1 Å². The number of benzene rings is 3. The van der Waals surface area contributed by atoms with E-state index in [1.807, 2.05) is 55.5 Å². The van der Waals surface area contributed by atoms with Gasteiger partial charge in [-0.2, -0.15) is 0 Å². The SMILES string of the molecule is COc1cc([C@@H]2C3=C(C[C@@H](c4ccc(OC)c(OC)c4)CC3=O)N=C(C)C2C(=O)OCCc2ccccc2)ccc1O. The Labute approximate surface area is 245 Å². The van der Waals surface area contributed by atoms with Gasteiger partial charge in [0.1, 0.15) is 5.92 Å². The minimum absolute atomic E-state index is 0.0258. The highest BCUT2D eigenvalue weighted by Crippen LogP contribution is 2.48. The Morgan fingerprint density at radius 3 is 2.29 bits per heavy atom. The van der Waals surface area contributed by atoms with Gasteiger partial charge in [-0.3, -0.25) is 14.6 Å². The van der Waals surface area contributed by atoms with Crippen LogP contribution in [-0.2, 0) is 20.7 Å². The fourth-order valence-electron chi connectivity index (χ4n) is 5.96. The number of methoxy groups -OCH3 is 3. The van der Waals surface area contributed by atoms with Gasteiger partial charge in [-0.25, -0.2) is 0 Å². The second-order valence-corrected chi connectivity index (χ2v) is 10.5. The molecule has 2 aliphatic rings. The molecule has 3 aromatic rings. The lowest BCUT2D eigenvalue weighted by molar-refractivity contribution is -0.146. The zero-order valence-corrected chi connectivity index (χ0v) is 24.3. The van der Waals surface area contributed by atoms with Crippen molar-refractivity contribution in [2.45, 2.75) is 38.0 Å². The van der Waals surface area contributed by atoms with Crippen LogP contribution >= 0.6 is 0 Å². The first-order chi connectivity index (χ1) is 20.3. The van der Waals surface area contributed by atoms with Gasteiger partial charge in [0.15, 0.2) is 28.8 Å². The molecule has 1 heterocycles. The molecule has 0 saturated heterocycles. The number of carbonyl (C=O) groups is 2. The fourth-order valence-corrected chi connectivity index (χ4v) is 5.96. The second kappa shape index (κ2) is 12.5. The van der Waals surface area contributed by atoms with Gasteiger partial charge in [0.05, 0.1) is 27.9 Å². The highest BCUT2D eigenvalue weighted by molar-refractivity contribution is 6.09. The standard InChI is InChI=1S/C34H35NO7/c1-20-31(34(38)42-15-14-21-8-6-5-7-9-21)32(23-10-12-26(36)29(19-23)40-3)33-25(35-20)16-24(17-27(33)37)22-11-13-28(39-2)30(18-22)41-4/h5-13,18-19,24,31-32,36H,14-17H2,1-4H3/t24-,31?,32+/m1/s1. The highest BCUT2D eigenvalue weighted by atomic mass is 16.5. The monoisotopic (exact) mass is 569 g/mol. The highest BCUT2D eigenvalue weighted by Gasteiger charge is 2.45. The van der Waals surface area contributed by atoms with Crippen molar-refractivity contribution in [3.8, 4) is 23.0 Å². The third-order valence-electron chi connectivity index (χ3n) is 8.06. The van der Waals surface area contributed by atoms with Gasteiger partial charge in [-0.15, -0.1) is 0 Å². The number of ether oxygens (including phenoxy) is 4. The van der Waals surface area contributed by atoms with Crippen molar-refractivity contribution in [2.24, 2.45) is 10.9 Å². The molecule has 1 aliphatic carbocycles. The second-order valence-electron chi connectivity index (χ2n) is 10.5. The summed E-state index contributed by atoms with van der Waals surface area (Å²) in [6.07, 6.45) is 1.35. The number of rotatable bonds is 9. The summed E-state index contributed by atoms with van der Waals surface area (Å²) in [6.45, 7) is 2.02. The molecule has 0 amide bonds. The Morgan fingerprint density at radius 2 is 1.57 bits per heavy atom. The van der Waals surface area contributed by atoms with Crippen LogP contribution in [0.15, 0.2) is 83.0 Å². The lowest BCUT2D eigenvalue weighted by Gasteiger charge is -2.36. The summed E-state index contributed by atoms with van der Waals surface area (Å²) in [5.74, 6) is -0.610. The number of phenols is 1. The maximum atomic E-state index is 14.0. The number of hydrogen-bond donors (Lipinski definition) is 1. The van der Waals surface area contributed by atoms with Crippen molar-refractivity contribution >= 4 is 17.5 Å². The molecule has 218 valence electrons. The van der Waals surface area contributed by atoms with Crippen LogP contribution in [-0.4, -0.2) is 50.5 Å². The Hall–Kier alpha value is -4.59. The summed E-state index contributed by atoms with van der Waals surface area (Å²) in [6, 6.07) is 20.4. The summed E-state index contributed by atoms with van der Waals surface area (Å²) in [7, 11) is 4.63. The van der Waals surface area contributed by atoms with Crippen molar-refractivity contribution < 1.29 is 33.6 Å². The number of aromatic hydroxyl groups is 1. The Morgan fingerprint density at radius 1 is 0.881 bits per heavy atom. The van der Waals surface area contributed by atoms with Crippen LogP contribution in [0.25, 0.3) is 0 Å².